The van der Waals surface area contributed by atoms with Crippen LogP contribution in [0.2, 0.25) is 0 Å². The van der Waals surface area contributed by atoms with Crippen LogP contribution in [0.15, 0.2) is 22.8 Å². The van der Waals surface area contributed by atoms with Crippen LogP contribution in [-0.4, -0.2) is 17.4 Å². The second-order valence-corrected chi connectivity index (χ2v) is 3.50. The zero-order valence-electron chi connectivity index (χ0n) is 9.64. The maximum absolute atomic E-state index is 5.65. The van der Waals surface area contributed by atoms with Gasteiger partial charge in [-0.2, -0.15) is 0 Å². The fourth-order valence-electron chi connectivity index (χ4n) is 1.33. The molecule has 0 aliphatic heterocycles. The maximum atomic E-state index is 5.65. The monoisotopic (exact) mass is 235 g/mol. The van der Waals surface area contributed by atoms with Gasteiger partial charge in [-0.25, -0.2) is 4.63 Å². The summed E-state index contributed by atoms with van der Waals surface area (Å²) in [5.41, 5.74) is 7.63. The molecule has 1 heterocycles. The largest absolute Gasteiger partial charge is 0.493 e. The van der Waals surface area contributed by atoms with E-state index in [-0.39, 0.29) is 6.61 Å². The molecule has 0 saturated carbocycles. The molecule has 6 nitrogen and oxygen atoms in total. The number of nitrogens with zero attached hydrogens (tertiary/aromatic N) is 2. The van der Waals surface area contributed by atoms with Gasteiger partial charge in [-0.3, -0.25) is 0 Å². The first-order valence-corrected chi connectivity index (χ1v) is 5.05. The summed E-state index contributed by atoms with van der Waals surface area (Å²) < 4.78 is 15.3. The van der Waals surface area contributed by atoms with E-state index in [0.717, 1.165) is 0 Å². The first-order chi connectivity index (χ1) is 8.20. The van der Waals surface area contributed by atoms with Crippen molar-refractivity contribution in [1.29, 1.82) is 0 Å². The molecule has 0 radical (unpaired) electrons. The lowest BCUT2D eigenvalue weighted by Gasteiger charge is -2.09. The third kappa shape index (κ3) is 2.47. The molecule has 0 spiro atoms. The summed E-state index contributed by atoms with van der Waals surface area (Å²) >= 11 is 0. The summed E-state index contributed by atoms with van der Waals surface area (Å²) in [6, 6.07) is 5.19. The van der Waals surface area contributed by atoms with Crippen molar-refractivity contribution in [3.05, 3.63) is 29.6 Å². The normalized spacial score (nSPS) is 10.2. The van der Waals surface area contributed by atoms with Crippen molar-refractivity contribution in [3.8, 4) is 11.5 Å². The van der Waals surface area contributed by atoms with Gasteiger partial charge in [0, 0.05) is 11.8 Å². The van der Waals surface area contributed by atoms with Gasteiger partial charge in [0.15, 0.2) is 11.5 Å². The zero-order valence-corrected chi connectivity index (χ0v) is 9.64. The van der Waals surface area contributed by atoms with Gasteiger partial charge in [-0.05, 0) is 19.1 Å². The summed E-state index contributed by atoms with van der Waals surface area (Å²) in [5, 5.41) is 7.40. The highest BCUT2D eigenvalue weighted by atomic mass is 16.6. The molecule has 17 heavy (non-hydrogen) atoms. The molecule has 0 amide bonds. The molecular formula is C11H13N3O3. The lowest BCUT2D eigenvalue weighted by Crippen LogP contribution is -2.00. The Morgan fingerprint density at radius 2 is 2.12 bits per heavy atom. The predicted molar refractivity (Wildman–Crippen MR) is 60.8 cm³/mol. The van der Waals surface area contributed by atoms with Gasteiger partial charge >= 0.3 is 0 Å². The Bertz CT molecular complexity index is 510. The zero-order chi connectivity index (χ0) is 12.3. The van der Waals surface area contributed by atoms with E-state index in [9.17, 15) is 0 Å². The van der Waals surface area contributed by atoms with Gasteiger partial charge in [0.1, 0.15) is 18.0 Å². The number of hydrogen-bond acceptors (Lipinski definition) is 6. The third-order valence-electron chi connectivity index (χ3n) is 2.30. The highest BCUT2D eigenvalue weighted by Gasteiger charge is 2.09. The number of anilines is 1. The molecule has 6 heteroatoms. The van der Waals surface area contributed by atoms with Crippen LogP contribution < -0.4 is 15.2 Å². The van der Waals surface area contributed by atoms with Crippen LogP contribution in [0.4, 0.5) is 5.69 Å². The van der Waals surface area contributed by atoms with Crippen LogP contribution in [0, 0.1) is 6.92 Å². The van der Waals surface area contributed by atoms with E-state index in [2.05, 4.69) is 14.9 Å². The molecule has 1 aromatic heterocycles. The molecule has 1 aromatic carbocycles. The van der Waals surface area contributed by atoms with Crippen LogP contribution in [0.25, 0.3) is 0 Å². The molecule has 0 unspecified atom stereocenters. The highest BCUT2D eigenvalue weighted by Crippen LogP contribution is 2.29. The maximum Gasteiger partial charge on any atom is 0.162 e. The fraction of sp³-hybridized carbons (Fsp3) is 0.273. The summed E-state index contributed by atoms with van der Waals surface area (Å²) in [6.07, 6.45) is 0. The van der Waals surface area contributed by atoms with Crippen molar-refractivity contribution in [2.75, 3.05) is 12.8 Å². The van der Waals surface area contributed by atoms with Gasteiger partial charge in [0.05, 0.1) is 7.11 Å². The molecule has 0 saturated heterocycles. The van der Waals surface area contributed by atoms with E-state index < -0.39 is 0 Å². The summed E-state index contributed by atoms with van der Waals surface area (Å²) in [7, 11) is 1.56. The van der Waals surface area contributed by atoms with Crippen molar-refractivity contribution < 1.29 is 14.1 Å². The van der Waals surface area contributed by atoms with Crippen LogP contribution >= 0.6 is 0 Å². The van der Waals surface area contributed by atoms with Gasteiger partial charge in [-0.15, -0.1) is 0 Å². The van der Waals surface area contributed by atoms with Gasteiger partial charge in [-0.1, -0.05) is 10.3 Å². The van der Waals surface area contributed by atoms with Gasteiger partial charge in [0.25, 0.3) is 0 Å². The van der Waals surface area contributed by atoms with Crippen LogP contribution in [-0.2, 0) is 6.61 Å². The van der Waals surface area contributed by atoms with Crippen LogP contribution in [0.3, 0.4) is 0 Å². The minimum absolute atomic E-state index is 0.273. The number of aryl methyl sites for hydroxylation is 1. The molecule has 2 N–H and O–H groups in total. The molecule has 0 aliphatic carbocycles. The van der Waals surface area contributed by atoms with Crippen LogP contribution in [0.1, 0.15) is 11.4 Å². The summed E-state index contributed by atoms with van der Waals surface area (Å²) in [4.78, 5) is 0. The van der Waals surface area contributed by atoms with E-state index in [1.807, 2.05) is 0 Å². The number of aromatic nitrogens is 2. The Labute approximate surface area is 98.3 Å². The number of nitrogens with two attached hydrogens (primary N) is 1. The lowest BCUT2D eigenvalue weighted by molar-refractivity contribution is 0.260. The number of ether oxygens (including phenoxy) is 2. The second kappa shape index (κ2) is 4.73. The minimum atomic E-state index is 0.273. The average Bonchev–Trinajstić information content (AvgIpc) is 2.73. The predicted octanol–water partition coefficient (Wildman–Crippen LogP) is 1.55. The Kier molecular flexibility index (Phi) is 3.13. The highest BCUT2D eigenvalue weighted by molar-refractivity contribution is 5.51. The molecule has 0 fully saturated rings. The summed E-state index contributed by atoms with van der Waals surface area (Å²) in [5.74, 6) is 1.18. The lowest BCUT2D eigenvalue weighted by atomic mass is 10.3. The molecule has 0 atom stereocenters. The van der Waals surface area contributed by atoms with E-state index >= 15 is 0 Å². The van der Waals surface area contributed by atoms with Crippen molar-refractivity contribution >= 4 is 5.69 Å². The molecule has 90 valence electrons. The molecular weight excluding hydrogens is 222 g/mol. The average molecular weight is 235 g/mol. The third-order valence-corrected chi connectivity index (χ3v) is 2.30. The van der Waals surface area contributed by atoms with Crippen molar-refractivity contribution in [2.45, 2.75) is 13.5 Å². The number of benzene rings is 1. The summed E-state index contributed by atoms with van der Waals surface area (Å²) in [6.45, 7) is 2.07. The molecule has 0 bridgehead atoms. The first kappa shape index (κ1) is 11.3. The van der Waals surface area contributed by atoms with Crippen molar-refractivity contribution in [3.63, 3.8) is 0 Å². The fourth-order valence-corrected chi connectivity index (χ4v) is 1.33. The van der Waals surface area contributed by atoms with E-state index in [1.165, 1.54) is 0 Å². The molecule has 2 aromatic rings. The molecule has 2 rings (SSSR count). The Balaban J connectivity index is 2.11. The van der Waals surface area contributed by atoms with Gasteiger partial charge < -0.3 is 15.2 Å². The standard InChI is InChI=1S/C11H13N3O3/c1-7-9(14-17-13-7)6-16-10-4-3-8(12)5-11(10)15-2/h3-5H,6,12H2,1-2H3. The number of nitrogen functional groups attached to an aromatic ring is 1. The SMILES string of the molecule is COc1cc(N)ccc1OCc1nonc1C. The van der Waals surface area contributed by atoms with Crippen molar-refractivity contribution in [2.24, 2.45) is 0 Å². The topological polar surface area (TPSA) is 83.4 Å². The van der Waals surface area contributed by atoms with Crippen LogP contribution in [0.5, 0.6) is 11.5 Å². The smallest absolute Gasteiger partial charge is 0.162 e. The van der Waals surface area contributed by atoms with Crippen molar-refractivity contribution in [1.82, 2.24) is 10.3 Å². The van der Waals surface area contributed by atoms with Gasteiger partial charge in [0.2, 0.25) is 0 Å². The number of rotatable bonds is 4. The van der Waals surface area contributed by atoms with E-state index in [4.69, 9.17) is 15.2 Å². The van der Waals surface area contributed by atoms with E-state index in [1.54, 1.807) is 32.2 Å². The molecule has 0 aliphatic rings. The number of hydrogen-bond donors (Lipinski definition) is 1. The minimum Gasteiger partial charge on any atom is -0.493 e. The Morgan fingerprint density at radius 1 is 1.29 bits per heavy atom. The van der Waals surface area contributed by atoms with E-state index in [0.29, 0.717) is 28.6 Å². The quantitative estimate of drug-likeness (QED) is 0.809. The Hall–Kier alpha value is -2.24. The first-order valence-electron chi connectivity index (χ1n) is 5.05. The Morgan fingerprint density at radius 3 is 2.76 bits per heavy atom. The number of methoxy groups -OCH3 is 1. The second-order valence-electron chi connectivity index (χ2n) is 3.50.